The number of anilines is 2. The van der Waals surface area contributed by atoms with Gasteiger partial charge in [0.1, 0.15) is 11.5 Å². The Morgan fingerprint density at radius 1 is 0.778 bits per heavy atom. The van der Waals surface area contributed by atoms with Gasteiger partial charge in [-0.1, -0.05) is 24.3 Å². The first kappa shape index (κ1) is 36.4. The summed E-state index contributed by atoms with van der Waals surface area (Å²) in [4.78, 5) is 34.9. The van der Waals surface area contributed by atoms with Crippen molar-refractivity contribution in [2.75, 3.05) is 36.0 Å². The van der Waals surface area contributed by atoms with Crippen LogP contribution in [0, 0.1) is 13.8 Å². The number of hydrogen-bond acceptors (Lipinski definition) is 11. The van der Waals surface area contributed by atoms with Crippen molar-refractivity contribution in [3.05, 3.63) is 96.3 Å². The van der Waals surface area contributed by atoms with Crippen LogP contribution in [-0.4, -0.2) is 80.6 Å². The summed E-state index contributed by atoms with van der Waals surface area (Å²) in [5.74, 6) is 1.38. The number of fused-ring (bicyclic) bond motifs is 2. The van der Waals surface area contributed by atoms with Gasteiger partial charge in [-0.2, -0.15) is 0 Å². The van der Waals surface area contributed by atoms with E-state index in [0.717, 1.165) is 76.8 Å². The molecule has 2 atom stereocenters. The van der Waals surface area contributed by atoms with Gasteiger partial charge < -0.3 is 35.8 Å². The molecule has 278 valence electrons. The van der Waals surface area contributed by atoms with Crippen LogP contribution in [0.15, 0.2) is 85.2 Å². The maximum absolute atomic E-state index is 11.9. The largest absolute Gasteiger partial charge is 0.507 e. The van der Waals surface area contributed by atoms with Crippen molar-refractivity contribution in [2.45, 2.75) is 58.7 Å². The number of para-hydroxylation sites is 2. The Hall–Kier alpha value is -6.01. The molecule has 2 aliphatic heterocycles. The number of carbonyl (C=O) groups is 1. The van der Waals surface area contributed by atoms with Crippen molar-refractivity contribution in [3.8, 4) is 34.3 Å². The topological polar surface area (TPSA) is 163 Å². The highest BCUT2D eigenvalue weighted by atomic mass is 16.6. The third-order valence-electron chi connectivity index (χ3n) is 9.69. The summed E-state index contributed by atoms with van der Waals surface area (Å²) in [5.41, 5.74) is 13.5. The summed E-state index contributed by atoms with van der Waals surface area (Å²) in [5, 5.41) is 25.1. The van der Waals surface area contributed by atoms with E-state index in [4.69, 9.17) is 15.5 Å². The van der Waals surface area contributed by atoms with Crippen LogP contribution < -0.4 is 20.9 Å². The van der Waals surface area contributed by atoms with E-state index in [1.165, 1.54) is 0 Å². The average Bonchev–Trinajstić information content (AvgIpc) is 3.79. The number of benzene rings is 4. The van der Waals surface area contributed by atoms with Crippen LogP contribution in [0.2, 0.25) is 0 Å². The fourth-order valence-electron chi connectivity index (χ4n) is 7.13. The highest BCUT2D eigenvalue weighted by molar-refractivity contribution is 5.94. The van der Waals surface area contributed by atoms with E-state index in [1.807, 2.05) is 57.4 Å². The number of phenolic OH excluding ortho intramolecular Hbond substituents is 2. The molecule has 12 heteroatoms. The molecule has 2 fully saturated rings. The molecule has 5 N–H and O–H groups in total. The minimum Gasteiger partial charge on any atom is -0.507 e. The van der Waals surface area contributed by atoms with Gasteiger partial charge >= 0.3 is 6.09 Å². The van der Waals surface area contributed by atoms with Gasteiger partial charge in [-0.3, -0.25) is 0 Å². The lowest BCUT2D eigenvalue weighted by Crippen LogP contribution is -2.38. The summed E-state index contributed by atoms with van der Waals surface area (Å²) in [6.45, 7) is 11.1. The van der Waals surface area contributed by atoms with Gasteiger partial charge in [0.2, 0.25) is 0 Å². The van der Waals surface area contributed by atoms with E-state index >= 15 is 0 Å². The predicted octanol–water partition coefficient (Wildman–Crippen LogP) is 6.87. The van der Waals surface area contributed by atoms with Crippen LogP contribution in [0.4, 0.5) is 16.2 Å². The fraction of sp³-hybridized carbons (Fsp3) is 0.310. The molecule has 12 nitrogen and oxygen atoms in total. The Labute approximate surface area is 314 Å². The molecule has 2 saturated heterocycles. The summed E-state index contributed by atoms with van der Waals surface area (Å²) >= 11 is 0. The van der Waals surface area contributed by atoms with Crippen LogP contribution in [0.1, 0.15) is 37.8 Å². The molecule has 6 aromatic rings. The summed E-state index contributed by atoms with van der Waals surface area (Å²) < 4.78 is 5.20. The minimum absolute atomic E-state index is 0.0354. The number of amides is 1. The van der Waals surface area contributed by atoms with Gasteiger partial charge in [0.25, 0.3) is 0 Å². The van der Waals surface area contributed by atoms with E-state index in [-0.39, 0.29) is 35.8 Å². The number of aromatic hydroxyl groups is 2. The van der Waals surface area contributed by atoms with Gasteiger partial charge in [-0.15, -0.1) is 0 Å². The summed E-state index contributed by atoms with van der Waals surface area (Å²) in [6.07, 6.45) is 5.00. The number of aromatic nitrogens is 4. The van der Waals surface area contributed by atoms with Crippen molar-refractivity contribution in [3.63, 3.8) is 0 Å². The number of carbonyl (C=O) groups excluding carboxylic acids is 1. The third-order valence-corrected chi connectivity index (χ3v) is 9.69. The number of rotatable bonds is 6. The van der Waals surface area contributed by atoms with E-state index in [0.29, 0.717) is 29.3 Å². The van der Waals surface area contributed by atoms with Gasteiger partial charge in [0.15, 0.2) is 11.6 Å². The van der Waals surface area contributed by atoms with Crippen molar-refractivity contribution < 1.29 is 19.7 Å². The summed E-state index contributed by atoms with van der Waals surface area (Å²) in [7, 11) is 0. The molecular formula is C42H46N8O4. The van der Waals surface area contributed by atoms with E-state index in [1.54, 1.807) is 30.3 Å². The molecule has 2 aromatic heterocycles. The lowest BCUT2D eigenvalue weighted by atomic mass is 10.1. The van der Waals surface area contributed by atoms with Gasteiger partial charge in [0.05, 0.1) is 34.3 Å². The molecule has 0 spiro atoms. The Kier molecular flexibility index (Phi) is 10.5. The van der Waals surface area contributed by atoms with Gasteiger partial charge in [-0.25, -0.2) is 24.7 Å². The first-order valence-electron chi connectivity index (χ1n) is 18.4. The molecule has 0 radical (unpaired) electrons. The maximum atomic E-state index is 11.9. The van der Waals surface area contributed by atoms with Crippen LogP contribution in [0.25, 0.3) is 44.6 Å². The number of hydrogen-bond donors (Lipinski definition) is 4. The van der Waals surface area contributed by atoms with Gasteiger partial charge in [-0.05, 0) is 100 Å². The Bertz CT molecular complexity index is 2320. The Morgan fingerprint density at radius 2 is 1.28 bits per heavy atom. The molecule has 0 bridgehead atoms. The zero-order chi connectivity index (χ0) is 37.9. The zero-order valence-corrected chi connectivity index (χ0v) is 31.0. The molecule has 4 heterocycles. The van der Waals surface area contributed by atoms with Crippen molar-refractivity contribution in [1.82, 2.24) is 25.3 Å². The number of aryl methyl sites for hydroxylation is 2. The van der Waals surface area contributed by atoms with Gasteiger partial charge in [0, 0.05) is 66.8 Å². The van der Waals surface area contributed by atoms with Crippen LogP contribution in [-0.2, 0) is 4.74 Å². The Balaban J connectivity index is 0.000000171. The number of phenols is 2. The smallest absolute Gasteiger partial charge is 0.407 e. The van der Waals surface area contributed by atoms with E-state index < -0.39 is 0 Å². The SMILES string of the molecule is Cc1cc(N2CC[C@@H](N)C2)c2cnc(-c3ccccc3O)nc2c1.Cc1cc(N2CC[C@@H](NC(=O)OC(C)C)C2)c2cnc(-c3ccccc3O)nc2c1. The molecule has 0 saturated carbocycles. The highest BCUT2D eigenvalue weighted by Gasteiger charge is 2.27. The average molecular weight is 727 g/mol. The van der Waals surface area contributed by atoms with E-state index in [2.05, 4.69) is 55.2 Å². The second-order valence-electron chi connectivity index (χ2n) is 14.4. The third kappa shape index (κ3) is 7.98. The summed E-state index contributed by atoms with van der Waals surface area (Å²) in [6, 6.07) is 22.8. The number of alkyl carbamates (subject to hydrolysis) is 1. The first-order valence-corrected chi connectivity index (χ1v) is 18.4. The second-order valence-corrected chi connectivity index (χ2v) is 14.4. The van der Waals surface area contributed by atoms with Crippen LogP contribution >= 0.6 is 0 Å². The molecule has 0 aliphatic carbocycles. The molecule has 1 amide bonds. The number of ether oxygens (including phenoxy) is 1. The highest BCUT2D eigenvalue weighted by Crippen LogP contribution is 2.34. The van der Waals surface area contributed by atoms with Crippen LogP contribution in [0.5, 0.6) is 11.5 Å². The van der Waals surface area contributed by atoms with Crippen molar-refractivity contribution in [2.24, 2.45) is 5.73 Å². The monoisotopic (exact) mass is 726 g/mol. The quantitative estimate of drug-likeness (QED) is 0.142. The molecular weight excluding hydrogens is 681 g/mol. The lowest BCUT2D eigenvalue weighted by molar-refractivity contribution is 0.113. The van der Waals surface area contributed by atoms with Crippen LogP contribution in [0.3, 0.4) is 0 Å². The van der Waals surface area contributed by atoms with E-state index in [9.17, 15) is 15.0 Å². The predicted molar refractivity (Wildman–Crippen MR) is 213 cm³/mol. The standard InChI is InChI=1S/C23H26N4O3.C19H20N4O/c1-14(2)30-23(29)25-16-8-9-27(13-16)20-11-15(3)10-19-18(20)12-24-22(26-19)17-6-4-5-7-21(17)28;1-12-8-16-15(17(9-12)23-7-6-13(20)11-23)10-21-19(22-16)14-4-2-3-5-18(14)24/h4-7,10-12,14,16,28H,8-9,13H2,1-3H3,(H,25,29);2-5,8-10,13,24H,6-7,11,20H2,1H3/t16-;13-/m11/s1. The first-order chi connectivity index (χ1) is 26.0. The maximum Gasteiger partial charge on any atom is 0.407 e. The number of nitrogens with zero attached hydrogens (tertiary/aromatic N) is 6. The zero-order valence-electron chi connectivity index (χ0n) is 31.0. The molecule has 2 aliphatic rings. The number of nitrogens with two attached hydrogens (primary N) is 1. The molecule has 4 aromatic carbocycles. The second kappa shape index (κ2) is 15.5. The lowest BCUT2D eigenvalue weighted by Gasteiger charge is -2.22. The van der Waals surface area contributed by atoms with Crippen molar-refractivity contribution in [1.29, 1.82) is 0 Å². The Morgan fingerprint density at radius 3 is 1.76 bits per heavy atom. The van der Waals surface area contributed by atoms with Crippen molar-refractivity contribution >= 4 is 39.3 Å². The normalized spacial score (nSPS) is 16.9. The minimum atomic E-state index is -0.374. The fourth-order valence-corrected chi connectivity index (χ4v) is 7.13. The molecule has 54 heavy (non-hydrogen) atoms. The molecule has 8 rings (SSSR count). The number of nitrogens with one attached hydrogen (secondary N) is 1. The molecule has 0 unspecified atom stereocenters.